The first kappa shape index (κ1) is 49.1. The van der Waals surface area contributed by atoms with Crippen molar-refractivity contribution in [2.75, 3.05) is 33.0 Å². The van der Waals surface area contributed by atoms with Gasteiger partial charge in [0.15, 0.2) is 12.6 Å². The molecule has 2 heterocycles. The van der Waals surface area contributed by atoms with E-state index in [1.165, 1.54) is 103 Å². The molecule has 0 aromatic rings. The zero-order valence-electron chi connectivity index (χ0n) is 33.2. The minimum absolute atomic E-state index is 0.0617. The number of esters is 1. The lowest BCUT2D eigenvalue weighted by molar-refractivity contribution is -0.332. The quantitative estimate of drug-likeness (QED) is 0.0383. The maximum Gasteiger partial charge on any atom is 0.306 e. The fourth-order valence-corrected chi connectivity index (χ4v) is 6.85. The average molecular weight is 781 g/mol. The van der Waals surface area contributed by atoms with E-state index in [-0.39, 0.29) is 19.6 Å². The molecular formula is C40H76O14. The fraction of sp³-hybridized carbons (Fsp3) is 0.975. The van der Waals surface area contributed by atoms with Crippen LogP contribution in [0.25, 0.3) is 0 Å². The molecule has 2 aliphatic rings. The van der Waals surface area contributed by atoms with Crippen LogP contribution in [0.2, 0.25) is 0 Å². The minimum Gasteiger partial charge on any atom is -0.457 e. The molecule has 0 aromatic heterocycles. The maximum absolute atomic E-state index is 12.3. The summed E-state index contributed by atoms with van der Waals surface area (Å²) in [7, 11) is 0. The van der Waals surface area contributed by atoms with Crippen molar-refractivity contribution in [2.45, 2.75) is 216 Å². The highest BCUT2D eigenvalue weighted by molar-refractivity contribution is 5.69. The number of ether oxygens (including phenoxy) is 6. The first-order valence-corrected chi connectivity index (χ1v) is 21.1. The van der Waals surface area contributed by atoms with Crippen molar-refractivity contribution in [1.82, 2.24) is 0 Å². The second-order valence-corrected chi connectivity index (χ2v) is 15.2. The third kappa shape index (κ3) is 19.4. The fourth-order valence-electron chi connectivity index (χ4n) is 6.85. The average Bonchev–Trinajstić information content (AvgIpc) is 3.16. The summed E-state index contributed by atoms with van der Waals surface area (Å²) in [5.41, 5.74) is 0. The second-order valence-electron chi connectivity index (χ2n) is 15.2. The van der Waals surface area contributed by atoms with Gasteiger partial charge in [0, 0.05) is 13.0 Å². The maximum atomic E-state index is 12.3. The zero-order valence-corrected chi connectivity index (χ0v) is 33.2. The first-order valence-electron chi connectivity index (χ1n) is 21.1. The van der Waals surface area contributed by atoms with E-state index >= 15 is 0 Å². The molecule has 0 bridgehead atoms. The van der Waals surface area contributed by atoms with E-state index in [0.29, 0.717) is 13.0 Å². The summed E-state index contributed by atoms with van der Waals surface area (Å²) in [6.45, 7) is 3.32. The highest BCUT2D eigenvalue weighted by Crippen LogP contribution is 2.26. The molecule has 0 amide bonds. The number of carbonyl (C=O) groups is 1. The van der Waals surface area contributed by atoms with Gasteiger partial charge in [0.05, 0.1) is 26.4 Å². The van der Waals surface area contributed by atoms with E-state index in [0.717, 1.165) is 19.3 Å². The first-order chi connectivity index (χ1) is 26.1. The van der Waals surface area contributed by atoms with Crippen molar-refractivity contribution in [3.05, 3.63) is 0 Å². The predicted octanol–water partition coefficient (Wildman–Crippen LogP) is 3.79. The Morgan fingerprint density at radius 3 is 1.46 bits per heavy atom. The molecule has 14 heteroatoms. The lowest BCUT2D eigenvalue weighted by Gasteiger charge is -2.42. The summed E-state index contributed by atoms with van der Waals surface area (Å²) in [4.78, 5) is 12.3. The Bertz CT molecular complexity index is 912. The van der Waals surface area contributed by atoms with Gasteiger partial charge in [0.2, 0.25) is 0 Å². The van der Waals surface area contributed by atoms with E-state index in [1.807, 2.05) is 6.92 Å². The van der Waals surface area contributed by atoms with Crippen LogP contribution >= 0.6 is 0 Å². The summed E-state index contributed by atoms with van der Waals surface area (Å²) < 4.78 is 33.5. The summed E-state index contributed by atoms with van der Waals surface area (Å²) in [5, 5.41) is 71.2. The molecule has 320 valence electrons. The molecule has 2 saturated heterocycles. The summed E-state index contributed by atoms with van der Waals surface area (Å²) in [6, 6.07) is 0. The van der Waals surface area contributed by atoms with Crippen LogP contribution in [0.1, 0.15) is 149 Å². The van der Waals surface area contributed by atoms with Gasteiger partial charge in [-0.05, 0) is 12.8 Å². The van der Waals surface area contributed by atoms with Crippen LogP contribution in [-0.2, 0) is 33.2 Å². The number of rotatable bonds is 32. The van der Waals surface area contributed by atoms with E-state index in [1.54, 1.807) is 0 Å². The van der Waals surface area contributed by atoms with Crippen LogP contribution in [0.3, 0.4) is 0 Å². The molecule has 0 aromatic carbocycles. The van der Waals surface area contributed by atoms with Gasteiger partial charge in [-0.2, -0.15) is 0 Å². The molecular weight excluding hydrogens is 704 g/mol. The second kappa shape index (κ2) is 30.1. The molecule has 14 nitrogen and oxygen atoms in total. The van der Waals surface area contributed by atoms with Crippen LogP contribution in [0.4, 0.5) is 0 Å². The SMILES string of the molecule is CCCCCCCCCCCCCCCCCCCCCOCC(COC1OC(COC2OC(CO)C(O)C(O)C2O)C(O)C(O)C1O)OC(=O)CCC. The van der Waals surface area contributed by atoms with E-state index in [9.17, 15) is 40.5 Å². The Balaban J connectivity index is 1.62. The smallest absolute Gasteiger partial charge is 0.306 e. The van der Waals surface area contributed by atoms with Gasteiger partial charge in [0.1, 0.15) is 54.9 Å². The van der Waals surface area contributed by atoms with Crippen LogP contribution in [0.5, 0.6) is 0 Å². The summed E-state index contributed by atoms with van der Waals surface area (Å²) in [6.07, 6.45) is 9.42. The topological polar surface area (TPSA) is 214 Å². The molecule has 0 aliphatic carbocycles. The van der Waals surface area contributed by atoms with Crippen molar-refractivity contribution in [1.29, 1.82) is 0 Å². The highest BCUT2D eigenvalue weighted by Gasteiger charge is 2.47. The molecule has 0 spiro atoms. The zero-order chi connectivity index (χ0) is 39.6. The van der Waals surface area contributed by atoms with Crippen LogP contribution < -0.4 is 0 Å². The molecule has 2 rings (SSSR count). The molecule has 0 radical (unpaired) electrons. The normalized spacial score (nSPS) is 29.4. The van der Waals surface area contributed by atoms with Gasteiger partial charge in [0.25, 0.3) is 0 Å². The van der Waals surface area contributed by atoms with Crippen molar-refractivity contribution in [3.8, 4) is 0 Å². The number of aliphatic hydroxyl groups is 7. The van der Waals surface area contributed by atoms with Crippen LogP contribution in [0.15, 0.2) is 0 Å². The Morgan fingerprint density at radius 1 is 0.537 bits per heavy atom. The molecule has 54 heavy (non-hydrogen) atoms. The number of hydrogen-bond acceptors (Lipinski definition) is 14. The Hall–Kier alpha value is -1.01. The number of carbonyl (C=O) groups excluding carboxylic acids is 1. The van der Waals surface area contributed by atoms with Gasteiger partial charge in [-0.25, -0.2) is 0 Å². The standard InChI is InChI=1S/C40H76O14/c1-3-5-6-7-8-9-10-11-12-13-14-15-16-17-18-19-20-21-22-24-49-26-29(52-32(42)23-4-2)27-50-39-38(48)36(46)34(44)31(54-39)28-51-40-37(47)35(45)33(43)30(25-41)53-40/h29-31,33-41,43-48H,3-28H2,1-2H3. The molecule has 11 atom stereocenters. The number of hydrogen-bond donors (Lipinski definition) is 7. The molecule has 0 saturated carbocycles. The summed E-state index contributed by atoms with van der Waals surface area (Å²) in [5.74, 6) is -0.426. The lowest BCUT2D eigenvalue weighted by atomic mass is 9.98. The highest BCUT2D eigenvalue weighted by atomic mass is 16.7. The van der Waals surface area contributed by atoms with Gasteiger partial charge in [-0.15, -0.1) is 0 Å². The Kier molecular flexibility index (Phi) is 27.4. The predicted molar refractivity (Wildman–Crippen MR) is 201 cm³/mol. The van der Waals surface area contributed by atoms with Crippen LogP contribution in [0, 0.1) is 0 Å². The van der Waals surface area contributed by atoms with E-state index in [4.69, 9.17) is 28.4 Å². The van der Waals surface area contributed by atoms with Crippen molar-refractivity contribution in [3.63, 3.8) is 0 Å². The number of unbranched alkanes of at least 4 members (excludes halogenated alkanes) is 18. The van der Waals surface area contributed by atoms with Gasteiger partial charge in [-0.3, -0.25) is 4.79 Å². The third-order valence-electron chi connectivity index (χ3n) is 10.3. The van der Waals surface area contributed by atoms with Crippen molar-refractivity contribution >= 4 is 5.97 Å². The van der Waals surface area contributed by atoms with Crippen molar-refractivity contribution in [2.24, 2.45) is 0 Å². The number of aliphatic hydroxyl groups excluding tert-OH is 7. The van der Waals surface area contributed by atoms with Gasteiger partial charge < -0.3 is 64.2 Å². The van der Waals surface area contributed by atoms with E-state index in [2.05, 4.69) is 6.92 Å². The summed E-state index contributed by atoms with van der Waals surface area (Å²) >= 11 is 0. The lowest BCUT2D eigenvalue weighted by Crippen LogP contribution is -2.61. The molecule has 7 N–H and O–H groups in total. The van der Waals surface area contributed by atoms with E-state index < -0.39 is 86.7 Å². The van der Waals surface area contributed by atoms with Crippen molar-refractivity contribution < 1.29 is 69.0 Å². The Labute approximate surface area is 323 Å². The van der Waals surface area contributed by atoms with Gasteiger partial charge >= 0.3 is 5.97 Å². The molecule has 11 unspecified atom stereocenters. The third-order valence-corrected chi connectivity index (χ3v) is 10.3. The van der Waals surface area contributed by atoms with Gasteiger partial charge in [-0.1, -0.05) is 129 Å². The monoisotopic (exact) mass is 781 g/mol. The minimum atomic E-state index is -1.70. The Morgan fingerprint density at radius 2 is 0.981 bits per heavy atom. The molecule has 2 aliphatic heterocycles. The molecule has 2 fully saturated rings. The van der Waals surface area contributed by atoms with Crippen LogP contribution in [-0.4, -0.2) is 142 Å². The largest absolute Gasteiger partial charge is 0.457 e.